The maximum atomic E-state index is 12.8. The van der Waals surface area contributed by atoms with Gasteiger partial charge in [0.15, 0.2) is 5.78 Å². The van der Waals surface area contributed by atoms with E-state index in [1.54, 1.807) is 4.68 Å². The number of nitrogens with zero attached hydrogens (tertiary/aromatic N) is 3. The molecule has 2 aromatic heterocycles. The molecule has 1 fully saturated rings. The number of pyridine rings is 1. The lowest BCUT2D eigenvalue weighted by atomic mass is 9.86. The van der Waals surface area contributed by atoms with Crippen LogP contribution in [0.4, 0.5) is 0 Å². The fourth-order valence-electron chi connectivity index (χ4n) is 4.40. The SMILES string of the molecule is Cc1nc(C(=O)C/C=C/[C@H]2CCCC[C@@H]2O)cc(Cc2ccc(-c3ccn(C)n3)cc2)c1Cl. The number of hydrogen-bond donors (Lipinski definition) is 1. The number of aryl methyl sites for hydroxylation is 2. The summed E-state index contributed by atoms with van der Waals surface area (Å²) >= 11 is 6.54. The van der Waals surface area contributed by atoms with E-state index in [1.807, 2.05) is 44.5 Å². The largest absolute Gasteiger partial charge is 0.393 e. The van der Waals surface area contributed by atoms with Crippen LogP contribution in [-0.2, 0) is 13.5 Å². The zero-order chi connectivity index (χ0) is 23.4. The van der Waals surface area contributed by atoms with E-state index in [0.29, 0.717) is 22.8 Å². The average Bonchev–Trinajstić information content (AvgIpc) is 3.24. The molecule has 1 aliphatic carbocycles. The summed E-state index contributed by atoms with van der Waals surface area (Å²) in [5.74, 6) is 0.110. The predicted molar refractivity (Wildman–Crippen MR) is 131 cm³/mol. The maximum Gasteiger partial charge on any atom is 0.184 e. The lowest BCUT2D eigenvalue weighted by Crippen LogP contribution is -2.22. The van der Waals surface area contributed by atoms with Gasteiger partial charge in [-0.1, -0.05) is 60.9 Å². The molecule has 1 saturated carbocycles. The van der Waals surface area contributed by atoms with Crippen molar-refractivity contribution >= 4 is 17.4 Å². The van der Waals surface area contributed by atoms with Crippen LogP contribution in [0.25, 0.3) is 11.3 Å². The smallest absolute Gasteiger partial charge is 0.184 e. The van der Waals surface area contributed by atoms with Gasteiger partial charge in [0.25, 0.3) is 0 Å². The first-order valence-electron chi connectivity index (χ1n) is 11.5. The van der Waals surface area contributed by atoms with Crippen LogP contribution in [0.3, 0.4) is 0 Å². The van der Waals surface area contributed by atoms with E-state index in [0.717, 1.165) is 48.1 Å². The molecule has 2 heterocycles. The third-order valence-electron chi connectivity index (χ3n) is 6.31. The quantitative estimate of drug-likeness (QED) is 0.359. The molecule has 0 radical (unpaired) electrons. The molecule has 1 aromatic carbocycles. The first-order valence-corrected chi connectivity index (χ1v) is 11.9. The molecular weight excluding hydrogens is 434 g/mol. The highest BCUT2D eigenvalue weighted by atomic mass is 35.5. The fourth-order valence-corrected chi connectivity index (χ4v) is 4.56. The minimum Gasteiger partial charge on any atom is -0.393 e. The van der Waals surface area contributed by atoms with Crippen LogP contribution in [0.15, 0.2) is 54.7 Å². The lowest BCUT2D eigenvalue weighted by molar-refractivity contribution is 0.0920. The molecule has 4 rings (SSSR count). The van der Waals surface area contributed by atoms with E-state index in [2.05, 4.69) is 34.3 Å². The number of rotatable bonds is 7. The number of carbonyl (C=O) groups excluding carboxylic acids is 1. The van der Waals surface area contributed by atoms with Gasteiger partial charge in [-0.15, -0.1) is 0 Å². The maximum absolute atomic E-state index is 12.8. The molecule has 3 aromatic rings. The number of Topliss-reactive ketones (excluding diaryl/α,β-unsaturated/α-hetero) is 1. The fraction of sp³-hybridized carbons (Fsp3) is 0.370. The van der Waals surface area contributed by atoms with Gasteiger partial charge in [-0.05, 0) is 49.4 Å². The summed E-state index contributed by atoms with van der Waals surface area (Å²) in [7, 11) is 1.90. The molecule has 5 nitrogen and oxygen atoms in total. The Morgan fingerprint density at radius 3 is 2.67 bits per heavy atom. The molecule has 0 aliphatic heterocycles. The van der Waals surface area contributed by atoms with Gasteiger partial charge in [-0.3, -0.25) is 9.48 Å². The molecule has 33 heavy (non-hydrogen) atoms. The van der Waals surface area contributed by atoms with Crippen molar-refractivity contribution in [2.75, 3.05) is 0 Å². The van der Waals surface area contributed by atoms with Crippen molar-refractivity contribution in [1.82, 2.24) is 14.8 Å². The second-order valence-electron chi connectivity index (χ2n) is 8.89. The van der Waals surface area contributed by atoms with Gasteiger partial charge in [0.2, 0.25) is 0 Å². The number of aromatic nitrogens is 3. The Morgan fingerprint density at radius 2 is 1.97 bits per heavy atom. The van der Waals surface area contributed by atoms with Crippen molar-refractivity contribution in [3.63, 3.8) is 0 Å². The van der Waals surface area contributed by atoms with Gasteiger partial charge < -0.3 is 5.11 Å². The number of halogens is 1. The summed E-state index contributed by atoms with van der Waals surface area (Å²) in [6, 6.07) is 12.0. The van der Waals surface area contributed by atoms with Crippen molar-refractivity contribution in [1.29, 1.82) is 0 Å². The normalized spacial score (nSPS) is 18.7. The number of hydrogen-bond acceptors (Lipinski definition) is 4. The summed E-state index contributed by atoms with van der Waals surface area (Å²) in [5.41, 5.74) is 5.09. The number of ketones is 1. The highest BCUT2D eigenvalue weighted by Gasteiger charge is 2.20. The Labute approximate surface area is 200 Å². The zero-order valence-electron chi connectivity index (χ0n) is 19.2. The standard InChI is InChI=1S/C27H30ClN3O2/c1-18-27(28)22(16-19-10-12-20(13-11-19)23-14-15-31(2)30-23)17-24(29-18)26(33)9-5-7-21-6-3-4-8-25(21)32/h5,7,10-15,17,21,25,32H,3-4,6,8-9,16H2,1-2H3/b7-5+/t21-,25+/m1/s1. The topological polar surface area (TPSA) is 68.0 Å². The van der Waals surface area contributed by atoms with Crippen molar-refractivity contribution < 1.29 is 9.90 Å². The Bertz CT molecular complexity index is 1150. The van der Waals surface area contributed by atoms with E-state index in [1.165, 1.54) is 0 Å². The van der Waals surface area contributed by atoms with Gasteiger partial charge >= 0.3 is 0 Å². The molecular formula is C27H30ClN3O2. The van der Waals surface area contributed by atoms with Crippen LogP contribution < -0.4 is 0 Å². The zero-order valence-corrected chi connectivity index (χ0v) is 19.9. The van der Waals surface area contributed by atoms with Crippen LogP contribution in [-0.4, -0.2) is 31.8 Å². The second kappa shape index (κ2) is 10.4. The van der Waals surface area contributed by atoms with E-state index in [4.69, 9.17) is 11.6 Å². The third kappa shape index (κ3) is 5.79. The number of carbonyl (C=O) groups is 1. The van der Waals surface area contributed by atoms with Gasteiger partial charge in [0.1, 0.15) is 5.69 Å². The van der Waals surface area contributed by atoms with Crippen molar-refractivity contribution in [2.24, 2.45) is 13.0 Å². The van der Waals surface area contributed by atoms with Crippen molar-refractivity contribution in [3.8, 4) is 11.3 Å². The molecule has 0 spiro atoms. The summed E-state index contributed by atoms with van der Waals surface area (Å²) in [6.07, 6.45) is 10.4. The van der Waals surface area contributed by atoms with Gasteiger partial charge in [0.05, 0.1) is 22.5 Å². The van der Waals surface area contributed by atoms with Gasteiger partial charge in [-0.2, -0.15) is 5.10 Å². The minimum absolute atomic E-state index is 0.0388. The molecule has 0 amide bonds. The Kier molecular flexibility index (Phi) is 7.41. The Hall–Kier alpha value is -2.76. The third-order valence-corrected chi connectivity index (χ3v) is 6.83. The molecule has 1 aliphatic rings. The van der Waals surface area contributed by atoms with E-state index in [9.17, 15) is 9.90 Å². The number of benzene rings is 1. The number of aliphatic hydroxyl groups is 1. The highest BCUT2D eigenvalue weighted by molar-refractivity contribution is 6.32. The second-order valence-corrected chi connectivity index (χ2v) is 9.26. The number of aliphatic hydroxyl groups excluding tert-OH is 1. The lowest BCUT2D eigenvalue weighted by Gasteiger charge is -2.24. The molecule has 0 saturated heterocycles. The molecule has 2 atom stereocenters. The monoisotopic (exact) mass is 463 g/mol. The Balaban J connectivity index is 1.45. The Morgan fingerprint density at radius 1 is 1.21 bits per heavy atom. The minimum atomic E-state index is -0.295. The highest BCUT2D eigenvalue weighted by Crippen LogP contribution is 2.27. The van der Waals surface area contributed by atoms with Crippen LogP contribution in [0.1, 0.15) is 59.4 Å². The van der Waals surface area contributed by atoms with Crippen LogP contribution in [0.5, 0.6) is 0 Å². The van der Waals surface area contributed by atoms with E-state index in [-0.39, 0.29) is 24.2 Å². The summed E-state index contributed by atoms with van der Waals surface area (Å²) in [4.78, 5) is 17.2. The molecule has 1 N–H and O–H groups in total. The first kappa shape index (κ1) is 23.4. The molecule has 0 bridgehead atoms. The van der Waals surface area contributed by atoms with Crippen molar-refractivity contribution in [3.05, 3.63) is 82.3 Å². The van der Waals surface area contributed by atoms with Crippen LogP contribution >= 0.6 is 11.6 Å². The van der Waals surface area contributed by atoms with Gasteiger partial charge in [-0.25, -0.2) is 4.98 Å². The first-order chi connectivity index (χ1) is 15.9. The summed E-state index contributed by atoms with van der Waals surface area (Å²) in [6.45, 7) is 1.83. The average molecular weight is 464 g/mol. The van der Waals surface area contributed by atoms with Crippen LogP contribution in [0, 0.1) is 12.8 Å². The summed E-state index contributed by atoms with van der Waals surface area (Å²) < 4.78 is 1.79. The summed E-state index contributed by atoms with van der Waals surface area (Å²) in [5, 5.41) is 15.1. The molecule has 6 heteroatoms. The van der Waals surface area contributed by atoms with E-state index >= 15 is 0 Å². The van der Waals surface area contributed by atoms with Crippen LogP contribution in [0.2, 0.25) is 5.02 Å². The van der Waals surface area contributed by atoms with E-state index < -0.39 is 0 Å². The van der Waals surface area contributed by atoms with Gasteiger partial charge in [0, 0.05) is 31.1 Å². The molecule has 0 unspecified atom stereocenters. The molecule has 172 valence electrons. The van der Waals surface area contributed by atoms with Crippen molar-refractivity contribution in [2.45, 2.75) is 51.6 Å². The number of allylic oxidation sites excluding steroid dienone is 1. The predicted octanol–water partition coefficient (Wildman–Crippen LogP) is 5.71.